The van der Waals surface area contributed by atoms with Gasteiger partial charge in [-0.1, -0.05) is 37.6 Å². The Kier molecular flexibility index (Phi) is 4.99. The van der Waals surface area contributed by atoms with Gasteiger partial charge in [-0.3, -0.25) is 0 Å². The first-order chi connectivity index (χ1) is 6.80. The van der Waals surface area contributed by atoms with Crippen molar-refractivity contribution in [3.8, 4) is 0 Å². The van der Waals surface area contributed by atoms with Crippen LogP contribution in [0.5, 0.6) is 0 Å². The number of alkyl halides is 1. The quantitative estimate of drug-likeness (QED) is 0.745. The Bertz CT molecular complexity index is 252. The van der Waals surface area contributed by atoms with Gasteiger partial charge in [0.25, 0.3) is 0 Å². The molecule has 0 saturated carbocycles. The fraction of sp³-hybridized carbons (Fsp3) is 0.500. The summed E-state index contributed by atoms with van der Waals surface area (Å²) in [6, 6.07) is 8.48. The molecule has 1 unspecified atom stereocenters. The summed E-state index contributed by atoms with van der Waals surface area (Å²) in [5.41, 5.74) is 8.20. The molecule has 0 saturated heterocycles. The Hall–Kier alpha value is -0.530. The van der Waals surface area contributed by atoms with Crippen molar-refractivity contribution in [3.05, 3.63) is 35.4 Å². The number of hydrogen-bond acceptors (Lipinski definition) is 1. The number of rotatable bonds is 5. The van der Waals surface area contributed by atoms with Crippen LogP contribution in [-0.2, 0) is 12.3 Å². The van der Waals surface area contributed by atoms with E-state index in [0.717, 1.165) is 19.4 Å². The number of hydrogen-bond donors (Lipinski definition) is 1. The van der Waals surface area contributed by atoms with Crippen molar-refractivity contribution in [3.63, 3.8) is 0 Å². The average Bonchev–Trinajstić information content (AvgIpc) is 2.26. The lowest BCUT2D eigenvalue weighted by atomic mass is 9.97. The predicted molar refractivity (Wildman–Crippen MR) is 62.5 cm³/mol. The van der Waals surface area contributed by atoms with Gasteiger partial charge in [-0.15, -0.1) is 11.6 Å². The van der Waals surface area contributed by atoms with Gasteiger partial charge in [-0.2, -0.15) is 0 Å². The summed E-state index contributed by atoms with van der Waals surface area (Å²) in [5, 5.41) is 0. The van der Waals surface area contributed by atoms with Crippen molar-refractivity contribution in [1.82, 2.24) is 0 Å². The highest BCUT2D eigenvalue weighted by atomic mass is 35.5. The molecular weight excluding hydrogens is 194 g/mol. The Morgan fingerprint density at radius 2 is 1.79 bits per heavy atom. The average molecular weight is 212 g/mol. The third-order valence-corrected chi connectivity index (χ3v) is 2.92. The Morgan fingerprint density at radius 1 is 1.21 bits per heavy atom. The van der Waals surface area contributed by atoms with E-state index >= 15 is 0 Å². The maximum Gasteiger partial charge on any atom is 0.0474 e. The molecule has 0 bridgehead atoms. The monoisotopic (exact) mass is 211 g/mol. The summed E-state index contributed by atoms with van der Waals surface area (Å²) in [5.74, 6) is 1.20. The lowest BCUT2D eigenvalue weighted by molar-refractivity contribution is 0.519. The molecule has 0 radical (unpaired) electrons. The first kappa shape index (κ1) is 11.5. The highest BCUT2D eigenvalue weighted by molar-refractivity contribution is 6.17. The molecule has 1 rings (SSSR count). The van der Waals surface area contributed by atoms with Crippen LogP contribution in [-0.4, -0.2) is 6.54 Å². The molecule has 0 spiro atoms. The molecule has 0 aliphatic heterocycles. The molecule has 78 valence electrons. The van der Waals surface area contributed by atoms with Crippen LogP contribution in [0.1, 0.15) is 24.5 Å². The van der Waals surface area contributed by atoms with Gasteiger partial charge < -0.3 is 5.73 Å². The normalized spacial score (nSPS) is 12.8. The van der Waals surface area contributed by atoms with E-state index in [1.807, 2.05) is 0 Å². The van der Waals surface area contributed by atoms with Gasteiger partial charge in [0.2, 0.25) is 0 Å². The van der Waals surface area contributed by atoms with Gasteiger partial charge in [-0.05, 0) is 30.0 Å². The lowest BCUT2D eigenvalue weighted by Gasteiger charge is -2.11. The van der Waals surface area contributed by atoms with Gasteiger partial charge in [0.15, 0.2) is 0 Å². The van der Waals surface area contributed by atoms with Crippen molar-refractivity contribution < 1.29 is 0 Å². The van der Waals surface area contributed by atoms with Crippen LogP contribution in [0.25, 0.3) is 0 Å². The maximum absolute atomic E-state index is 5.72. The van der Waals surface area contributed by atoms with Gasteiger partial charge in [0.05, 0.1) is 0 Å². The molecular formula is C12H18ClN. The molecule has 1 atom stereocenters. The second kappa shape index (κ2) is 6.05. The topological polar surface area (TPSA) is 26.0 Å². The lowest BCUT2D eigenvalue weighted by Crippen LogP contribution is -2.15. The first-order valence-electron chi connectivity index (χ1n) is 5.14. The predicted octanol–water partition coefficient (Wildman–Crippen LogP) is 2.95. The highest BCUT2D eigenvalue weighted by Crippen LogP contribution is 2.13. The molecule has 1 nitrogen and oxygen atoms in total. The van der Waals surface area contributed by atoms with E-state index in [-0.39, 0.29) is 0 Å². The highest BCUT2D eigenvalue weighted by Gasteiger charge is 2.04. The van der Waals surface area contributed by atoms with Gasteiger partial charge >= 0.3 is 0 Å². The fourth-order valence-electron chi connectivity index (χ4n) is 1.49. The van der Waals surface area contributed by atoms with Crippen molar-refractivity contribution in [1.29, 1.82) is 0 Å². The second-order valence-corrected chi connectivity index (χ2v) is 3.93. The van der Waals surface area contributed by atoms with Crippen molar-refractivity contribution in [2.45, 2.75) is 25.6 Å². The van der Waals surface area contributed by atoms with Crippen LogP contribution in [0.2, 0.25) is 0 Å². The van der Waals surface area contributed by atoms with E-state index in [4.69, 9.17) is 17.3 Å². The summed E-state index contributed by atoms with van der Waals surface area (Å²) >= 11 is 5.72. The van der Waals surface area contributed by atoms with Crippen molar-refractivity contribution in [2.75, 3.05) is 6.54 Å². The fourth-order valence-corrected chi connectivity index (χ4v) is 1.67. The zero-order chi connectivity index (χ0) is 10.4. The summed E-state index contributed by atoms with van der Waals surface area (Å²) in [4.78, 5) is 0. The van der Waals surface area contributed by atoms with Crippen molar-refractivity contribution >= 4 is 11.6 Å². The molecule has 1 aromatic carbocycles. The van der Waals surface area contributed by atoms with Crippen LogP contribution < -0.4 is 5.73 Å². The zero-order valence-electron chi connectivity index (χ0n) is 8.67. The van der Waals surface area contributed by atoms with E-state index in [1.165, 1.54) is 11.1 Å². The minimum atomic E-state index is 0.592. The zero-order valence-corrected chi connectivity index (χ0v) is 9.43. The standard InChI is InChI=1S/C12H18ClN/c1-2-10(9-14)7-11-3-5-12(8-13)6-4-11/h3-6,10H,2,7-9,14H2,1H3. The molecule has 0 aliphatic rings. The van der Waals surface area contributed by atoms with Crippen LogP contribution >= 0.6 is 11.6 Å². The minimum Gasteiger partial charge on any atom is -0.330 e. The van der Waals surface area contributed by atoms with E-state index in [9.17, 15) is 0 Å². The summed E-state index contributed by atoms with van der Waals surface area (Å²) in [6.07, 6.45) is 2.23. The molecule has 0 heterocycles. The van der Waals surface area contributed by atoms with Crippen LogP contribution in [0.15, 0.2) is 24.3 Å². The molecule has 14 heavy (non-hydrogen) atoms. The third kappa shape index (κ3) is 3.32. The maximum atomic E-state index is 5.72. The molecule has 0 amide bonds. The SMILES string of the molecule is CCC(CN)Cc1ccc(CCl)cc1. The second-order valence-electron chi connectivity index (χ2n) is 3.66. The van der Waals surface area contributed by atoms with Crippen molar-refractivity contribution in [2.24, 2.45) is 11.7 Å². The molecule has 0 aromatic heterocycles. The Morgan fingerprint density at radius 3 is 2.21 bits per heavy atom. The summed E-state index contributed by atoms with van der Waals surface area (Å²) in [6.45, 7) is 2.96. The number of nitrogens with two attached hydrogens (primary N) is 1. The van der Waals surface area contributed by atoms with E-state index in [2.05, 4.69) is 31.2 Å². The van der Waals surface area contributed by atoms with Gasteiger partial charge in [0.1, 0.15) is 0 Å². The smallest absolute Gasteiger partial charge is 0.0474 e. The molecule has 2 N–H and O–H groups in total. The van der Waals surface area contributed by atoms with Gasteiger partial charge in [0, 0.05) is 5.88 Å². The van der Waals surface area contributed by atoms with Gasteiger partial charge in [-0.25, -0.2) is 0 Å². The molecule has 0 aliphatic carbocycles. The summed E-state index contributed by atoms with van der Waals surface area (Å²) < 4.78 is 0. The molecule has 2 heteroatoms. The third-order valence-electron chi connectivity index (χ3n) is 2.61. The first-order valence-corrected chi connectivity index (χ1v) is 5.67. The largest absolute Gasteiger partial charge is 0.330 e. The minimum absolute atomic E-state index is 0.592. The van der Waals surface area contributed by atoms with Crippen LogP contribution in [0, 0.1) is 5.92 Å². The van der Waals surface area contributed by atoms with Crippen LogP contribution in [0.4, 0.5) is 0 Å². The van der Waals surface area contributed by atoms with Crippen LogP contribution in [0.3, 0.4) is 0 Å². The van der Waals surface area contributed by atoms with E-state index < -0.39 is 0 Å². The number of benzene rings is 1. The van der Waals surface area contributed by atoms with E-state index in [1.54, 1.807) is 0 Å². The summed E-state index contributed by atoms with van der Waals surface area (Å²) in [7, 11) is 0. The van der Waals surface area contributed by atoms with E-state index in [0.29, 0.717) is 11.8 Å². The Labute approximate surface area is 91.3 Å². The molecule has 0 fully saturated rings. The number of halogens is 1. The Balaban J connectivity index is 2.58. The molecule has 1 aromatic rings.